The van der Waals surface area contributed by atoms with Crippen LogP contribution in [-0.2, 0) is 22.7 Å². The maximum Gasteiger partial charge on any atom is 0.416 e. The Morgan fingerprint density at radius 1 is 1.38 bits per heavy atom. The van der Waals surface area contributed by atoms with Crippen molar-refractivity contribution in [3.05, 3.63) is 45.9 Å². The second-order valence-electron chi connectivity index (χ2n) is 3.96. The number of hydrogen-bond donors (Lipinski definition) is 1. The van der Waals surface area contributed by atoms with Gasteiger partial charge in [0.05, 0.1) is 27.8 Å². The molecule has 112 valence electrons. The quantitative estimate of drug-likeness (QED) is 0.932. The fourth-order valence-corrected chi connectivity index (χ4v) is 3.34. The summed E-state index contributed by atoms with van der Waals surface area (Å²) in [4.78, 5) is 14.4. The fourth-order valence-electron chi connectivity index (χ4n) is 1.50. The van der Waals surface area contributed by atoms with Crippen LogP contribution in [0.15, 0.2) is 34.5 Å². The highest BCUT2D eigenvalue weighted by molar-refractivity contribution is 7.84. The van der Waals surface area contributed by atoms with Gasteiger partial charge in [-0.05, 0) is 18.2 Å². The summed E-state index contributed by atoms with van der Waals surface area (Å²) in [6.07, 6.45) is -4.50. The molecule has 0 saturated carbocycles. The number of nitrogens with zero attached hydrogens (tertiary/aromatic N) is 1. The highest BCUT2D eigenvalue weighted by Crippen LogP contribution is 2.30. The van der Waals surface area contributed by atoms with Gasteiger partial charge in [0.2, 0.25) is 5.01 Å². The number of aromatic nitrogens is 1. The van der Waals surface area contributed by atoms with Crippen molar-refractivity contribution >= 4 is 28.1 Å². The van der Waals surface area contributed by atoms with Crippen LogP contribution in [0.3, 0.4) is 0 Å². The Labute approximate surface area is 123 Å². The molecule has 21 heavy (non-hydrogen) atoms. The molecular weight excluding hydrogens is 327 g/mol. The third-order valence-corrected chi connectivity index (χ3v) is 4.65. The first-order valence-corrected chi connectivity index (χ1v) is 7.70. The van der Waals surface area contributed by atoms with Crippen LogP contribution in [0, 0.1) is 0 Å². The molecule has 0 aliphatic carbocycles. The third-order valence-electron chi connectivity index (χ3n) is 2.44. The van der Waals surface area contributed by atoms with Crippen LogP contribution in [-0.4, -0.2) is 20.3 Å². The van der Waals surface area contributed by atoms with Crippen molar-refractivity contribution in [2.24, 2.45) is 0 Å². The zero-order valence-electron chi connectivity index (χ0n) is 10.3. The second kappa shape index (κ2) is 5.94. The van der Waals surface area contributed by atoms with E-state index in [1.54, 1.807) is 0 Å². The van der Waals surface area contributed by atoms with Gasteiger partial charge in [0, 0.05) is 10.3 Å². The molecule has 0 aliphatic rings. The van der Waals surface area contributed by atoms with E-state index in [1.807, 2.05) is 0 Å². The first kappa shape index (κ1) is 15.6. The molecule has 9 heteroatoms. The van der Waals surface area contributed by atoms with Gasteiger partial charge in [0.1, 0.15) is 0 Å². The van der Waals surface area contributed by atoms with Crippen LogP contribution in [0.4, 0.5) is 13.2 Å². The number of benzene rings is 1. The van der Waals surface area contributed by atoms with E-state index in [0.29, 0.717) is 0 Å². The Bertz CT molecular complexity index is 697. The Morgan fingerprint density at radius 2 is 2.10 bits per heavy atom. The molecule has 2 aromatic rings. The van der Waals surface area contributed by atoms with E-state index in [4.69, 9.17) is 5.11 Å². The number of rotatable bonds is 4. The van der Waals surface area contributed by atoms with Crippen molar-refractivity contribution in [3.63, 3.8) is 0 Å². The molecule has 2 rings (SSSR count). The van der Waals surface area contributed by atoms with Crippen molar-refractivity contribution in [1.29, 1.82) is 0 Å². The van der Waals surface area contributed by atoms with Gasteiger partial charge in [-0.2, -0.15) is 13.2 Å². The molecular formula is C12H8F3NO3S2. The monoisotopic (exact) mass is 335 g/mol. The van der Waals surface area contributed by atoms with E-state index < -0.39 is 28.5 Å². The first-order chi connectivity index (χ1) is 9.77. The average Bonchev–Trinajstić information content (AvgIpc) is 2.86. The molecule has 0 amide bonds. The summed E-state index contributed by atoms with van der Waals surface area (Å²) in [5, 5.41) is 10.0. The molecule has 0 bridgehead atoms. The van der Waals surface area contributed by atoms with E-state index in [0.717, 1.165) is 23.5 Å². The Balaban J connectivity index is 2.18. The van der Waals surface area contributed by atoms with Gasteiger partial charge in [-0.3, -0.25) is 4.21 Å². The van der Waals surface area contributed by atoms with E-state index >= 15 is 0 Å². The summed E-state index contributed by atoms with van der Waals surface area (Å²) in [5.74, 6) is -1.33. The molecule has 1 aromatic heterocycles. The van der Waals surface area contributed by atoms with Gasteiger partial charge in [-0.25, -0.2) is 9.78 Å². The number of halogens is 3. The lowest BCUT2D eigenvalue weighted by atomic mass is 10.2. The summed E-state index contributed by atoms with van der Waals surface area (Å²) in [6, 6.07) is 4.22. The van der Waals surface area contributed by atoms with Crippen molar-refractivity contribution in [2.45, 2.75) is 16.8 Å². The predicted molar refractivity (Wildman–Crippen MR) is 70.6 cm³/mol. The SMILES string of the molecule is O=C(O)c1nc(CS(=O)c2cccc(C(F)(F)F)c2)cs1. The molecule has 4 nitrogen and oxygen atoms in total. The van der Waals surface area contributed by atoms with Crippen molar-refractivity contribution in [1.82, 2.24) is 4.98 Å². The molecule has 1 unspecified atom stereocenters. The van der Waals surface area contributed by atoms with Crippen LogP contribution in [0.2, 0.25) is 0 Å². The molecule has 0 fully saturated rings. The Hall–Kier alpha value is -1.74. The summed E-state index contributed by atoms with van der Waals surface area (Å²) in [7, 11) is -1.73. The summed E-state index contributed by atoms with van der Waals surface area (Å²) in [6.45, 7) is 0. The smallest absolute Gasteiger partial charge is 0.416 e. The van der Waals surface area contributed by atoms with Crippen LogP contribution in [0.1, 0.15) is 21.1 Å². The minimum absolute atomic E-state index is 0.0229. The van der Waals surface area contributed by atoms with Gasteiger partial charge in [0.25, 0.3) is 0 Å². The van der Waals surface area contributed by atoms with E-state index in [1.165, 1.54) is 17.5 Å². The normalized spacial score (nSPS) is 13.1. The third kappa shape index (κ3) is 3.88. The lowest BCUT2D eigenvalue weighted by Gasteiger charge is -2.08. The molecule has 0 spiro atoms. The summed E-state index contributed by atoms with van der Waals surface area (Å²) >= 11 is 0.877. The maximum absolute atomic E-state index is 12.6. The minimum atomic E-state index is -4.50. The predicted octanol–water partition coefficient (Wildman–Crippen LogP) is 3.17. The number of hydrogen-bond acceptors (Lipinski definition) is 4. The molecule has 0 aliphatic heterocycles. The molecule has 0 saturated heterocycles. The fraction of sp³-hybridized carbons (Fsp3) is 0.167. The molecule has 1 atom stereocenters. The van der Waals surface area contributed by atoms with Crippen LogP contribution < -0.4 is 0 Å². The lowest BCUT2D eigenvalue weighted by molar-refractivity contribution is -0.137. The number of aromatic carboxylic acids is 1. The van der Waals surface area contributed by atoms with E-state index in [-0.39, 0.29) is 21.3 Å². The Kier molecular flexibility index (Phi) is 4.43. The van der Waals surface area contributed by atoms with E-state index in [9.17, 15) is 22.2 Å². The van der Waals surface area contributed by atoms with Crippen LogP contribution in [0.25, 0.3) is 0 Å². The van der Waals surface area contributed by atoms with Gasteiger partial charge in [-0.1, -0.05) is 6.07 Å². The lowest BCUT2D eigenvalue weighted by Crippen LogP contribution is -2.06. The zero-order valence-corrected chi connectivity index (χ0v) is 11.9. The van der Waals surface area contributed by atoms with Crippen LogP contribution in [0.5, 0.6) is 0 Å². The number of alkyl halides is 3. The van der Waals surface area contributed by atoms with Crippen LogP contribution >= 0.6 is 11.3 Å². The summed E-state index contributed by atoms with van der Waals surface area (Å²) in [5.41, 5.74) is -0.606. The number of carbonyl (C=O) groups is 1. The average molecular weight is 335 g/mol. The standard InChI is InChI=1S/C12H8F3NO3S2/c13-12(14,15)7-2-1-3-9(4-7)21(19)6-8-5-20-10(16-8)11(17)18/h1-5H,6H2,(H,17,18). The minimum Gasteiger partial charge on any atom is -0.476 e. The molecule has 1 aromatic carbocycles. The number of thiazole rings is 1. The topological polar surface area (TPSA) is 67.3 Å². The summed E-state index contributed by atoms with van der Waals surface area (Å²) < 4.78 is 49.8. The highest BCUT2D eigenvalue weighted by atomic mass is 32.2. The van der Waals surface area contributed by atoms with Gasteiger partial charge >= 0.3 is 12.1 Å². The van der Waals surface area contributed by atoms with Crippen molar-refractivity contribution in [3.8, 4) is 0 Å². The largest absolute Gasteiger partial charge is 0.476 e. The van der Waals surface area contributed by atoms with Crippen molar-refractivity contribution in [2.75, 3.05) is 0 Å². The second-order valence-corrected chi connectivity index (χ2v) is 6.27. The Morgan fingerprint density at radius 3 is 2.67 bits per heavy atom. The molecule has 1 heterocycles. The van der Waals surface area contributed by atoms with Gasteiger partial charge < -0.3 is 5.11 Å². The first-order valence-electron chi connectivity index (χ1n) is 5.50. The van der Waals surface area contributed by atoms with Crippen molar-refractivity contribution < 1.29 is 27.3 Å². The zero-order chi connectivity index (χ0) is 15.6. The number of carboxylic acid groups (broad SMARTS) is 1. The van der Waals surface area contributed by atoms with Gasteiger partial charge in [-0.15, -0.1) is 11.3 Å². The number of carboxylic acids is 1. The van der Waals surface area contributed by atoms with E-state index in [2.05, 4.69) is 4.98 Å². The molecule has 1 N–H and O–H groups in total. The highest BCUT2D eigenvalue weighted by Gasteiger charge is 2.30. The molecule has 0 radical (unpaired) electrons. The maximum atomic E-state index is 12.6. The van der Waals surface area contributed by atoms with Gasteiger partial charge in [0.15, 0.2) is 0 Å².